The molecule has 0 aromatic rings. The Labute approximate surface area is 119 Å². The minimum absolute atomic E-state index is 0.270. The Balaban J connectivity index is 1.62. The first-order valence-electron chi connectivity index (χ1n) is 7.44. The van der Waals surface area contributed by atoms with E-state index < -0.39 is 24.3 Å². The molecule has 6 heteroatoms. The molecule has 1 N–H and O–H groups in total. The first kappa shape index (κ1) is 14.7. The Hall–Kier alpha value is -0.240. The van der Waals surface area contributed by atoms with Gasteiger partial charge in [0.2, 0.25) is 0 Å². The Morgan fingerprint density at radius 1 is 1.30 bits per heavy atom. The second-order valence-electron chi connectivity index (χ2n) is 6.34. The third-order valence-corrected chi connectivity index (χ3v) is 4.32. The molecule has 0 radical (unpaired) electrons. The zero-order valence-electron chi connectivity index (χ0n) is 12.4. The topological polar surface area (TPSA) is 60.4 Å². The van der Waals surface area contributed by atoms with Gasteiger partial charge in [0, 0.05) is 13.7 Å². The summed E-state index contributed by atoms with van der Waals surface area (Å²) in [6.45, 7) is 6.43. The molecule has 0 unspecified atom stereocenters. The van der Waals surface area contributed by atoms with Crippen molar-refractivity contribution in [3.8, 4) is 0 Å². The van der Waals surface area contributed by atoms with Crippen molar-refractivity contribution in [2.45, 2.75) is 63.2 Å². The van der Waals surface area contributed by atoms with Gasteiger partial charge in [-0.05, 0) is 39.8 Å². The van der Waals surface area contributed by atoms with Gasteiger partial charge in [-0.25, -0.2) is 0 Å². The Kier molecular flexibility index (Phi) is 4.05. The highest BCUT2D eigenvalue weighted by Gasteiger charge is 2.56. The monoisotopic (exact) mass is 287 g/mol. The number of rotatable bonds is 4. The van der Waals surface area contributed by atoms with Crippen LogP contribution in [0.25, 0.3) is 0 Å². The molecule has 3 aliphatic heterocycles. The van der Waals surface area contributed by atoms with E-state index in [4.69, 9.17) is 18.9 Å². The van der Waals surface area contributed by atoms with Crippen LogP contribution in [0.5, 0.6) is 0 Å². The number of β-amino-alcohol motifs (C(OH)–C–C–N with tert-alkyl or cyclic N) is 1. The van der Waals surface area contributed by atoms with Crippen LogP contribution in [0.4, 0.5) is 0 Å². The predicted octanol–water partition coefficient (Wildman–Crippen LogP) is 0.335. The molecule has 0 bridgehead atoms. The van der Waals surface area contributed by atoms with Crippen LogP contribution in [0.1, 0.15) is 26.7 Å². The maximum Gasteiger partial charge on any atom is 0.190 e. The van der Waals surface area contributed by atoms with Gasteiger partial charge in [-0.2, -0.15) is 0 Å². The third kappa shape index (κ3) is 2.73. The van der Waals surface area contributed by atoms with Crippen molar-refractivity contribution in [1.82, 2.24) is 4.90 Å². The summed E-state index contributed by atoms with van der Waals surface area (Å²) in [6, 6.07) is 0. The summed E-state index contributed by atoms with van der Waals surface area (Å²) in [5.74, 6) is -0.656. The van der Waals surface area contributed by atoms with E-state index in [0.29, 0.717) is 6.54 Å². The van der Waals surface area contributed by atoms with Crippen LogP contribution in [-0.2, 0) is 18.9 Å². The second-order valence-corrected chi connectivity index (χ2v) is 6.34. The summed E-state index contributed by atoms with van der Waals surface area (Å²) in [7, 11) is 1.63. The summed E-state index contributed by atoms with van der Waals surface area (Å²) < 4.78 is 22.9. The van der Waals surface area contributed by atoms with Gasteiger partial charge in [-0.3, -0.25) is 0 Å². The molecule has 0 saturated carbocycles. The van der Waals surface area contributed by atoms with Gasteiger partial charge in [0.25, 0.3) is 0 Å². The first-order chi connectivity index (χ1) is 9.50. The minimum Gasteiger partial charge on any atom is -0.389 e. The van der Waals surface area contributed by atoms with Crippen LogP contribution in [0.15, 0.2) is 0 Å². The van der Waals surface area contributed by atoms with Crippen molar-refractivity contribution >= 4 is 0 Å². The van der Waals surface area contributed by atoms with E-state index in [1.807, 2.05) is 13.8 Å². The average molecular weight is 287 g/mol. The summed E-state index contributed by atoms with van der Waals surface area (Å²) in [4.78, 5) is 2.26. The highest BCUT2D eigenvalue weighted by atomic mass is 16.8. The summed E-state index contributed by atoms with van der Waals surface area (Å²) in [5.41, 5.74) is 0. The van der Waals surface area contributed by atoms with Crippen molar-refractivity contribution in [1.29, 1.82) is 0 Å². The summed E-state index contributed by atoms with van der Waals surface area (Å²) in [5, 5.41) is 10.4. The Morgan fingerprint density at radius 2 is 2.00 bits per heavy atom. The maximum absolute atomic E-state index is 10.4. The molecule has 3 aliphatic rings. The van der Waals surface area contributed by atoms with Gasteiger partial charge in [-0.1, -0.05) is 0 Å². The molecule has 3 rings (SSSR count). The zero-order chi connectivity index (χ0) is 14.3. The molecule has 116 valence electrons. The van der Waals surface area contributed by atoms with Crippen molar-refractivity contribution in [2.75, 3.05) is 26.7 Å². The molecule has 3 fully saturated rings. The fraction of sp³-hybridized carbons (Fsp3) is 1.00. The quantitative estimate of drug-likeness (QED) is 0.804. The van der Waals surface area contributed by atoms with E-state index in [1.54, 1.807) is 7.11 Å². The fourth-order valence-electron chi connectivity index (χ4n) is 3.42. The molecule has 5 atom stereocenters. The lowest BCUT2D eigenvalue weighted by atomic mass is 10.1. The average Bonchev–Trinajstić information content (AvgIpc) is 3.02. The van der Waals surface area contributed by atoms with Crippen LogP contribution in [0.3, 0.4) is 0 Å². The highest BCUT2D eigenvalue weighted by molar-refractivity contribution is 4.97. The van der Waals surface area contributed by atoms with Crippen LogP contribution < -0.4 is 0 Å². The molecule has 3 saturated heterocycles. The van der Waals surface area contributed by atoms with E-state index in [1.165, 1.54) is 12.8 Å². The number of ether oxygens (including phenoxy) is 4. The molecule has 0 aromatic carbocycles. The van der Waals surface area contributed by atoms with E-state index in [9.17, 15) is 5.11 Å². The van der Waals surface area contributed by atoms with Crippen molar-refractivity contribution in [3.05, 3.63) is 0 Å². The fourth-order valence-corrected chi connectivity index (χ4v) is 3.42. The minimum atomic E-state index is -0.656. The van der Waals surface area contributed by atoms with Crippen LogP contribution in [0, 0.1) is 0 Å². The Bertz CT molecular complexity index is 344. The lowest BCUT2D eigenvalue weighted by Gasteiger charge is -2.29. The number of hydrogen-bond donors (Lipinski definition) is 1. The SMILES string of the molecule is CO[C@@H]1[C@H]2OC(C)(C)O[C@H]2O[C@@H]1[C@H](O)CN1CCCC1. The smallest absolute Gasteiger partial charge is 0.190 e. The largest absolute Gasteiger partial charge is 0.389 e. The predicted molar refractivity (Wildman–Crippen MR) is 71.2 cm³/mol. The third-order valence-electron chi connectivity index (χ3n) is 4.32. The standard InChI is InChI=1S/C14H25NO5/c1-14(2)19-12-11(17-3)10(18-13(12)20-14)9(16)8-15-6-4-5-7-15/h9-13,16H,4-8H2,1-3H3/t9-,10-,11+,12-,13-/m1/s1. The molecule has 0 amide bonds. The molecule has 0 spiro atoms. The van der Waals surface area contributed by atoms with Crippen LogP contribution in [-0.4, -0.2) is 73.2 Å². The highest BCUT2D eigenvalue weighted by Crippen LogP contribution is 2.39. The van der Waals surface area contributed by atoms with Crippen LogP contribution >= 0.6 is 0 Å². The lowest BCUT2D eigenvalue weighted by molar-refractivity contribution is -0.228. The number of nitrogens with zero attached hydrogens (tertiary/aromatic N) is 1. The van der Waals surface area contributed by atoms with Gasteiger partial charge in [0.15, 0.2) is 12.1 Å². The summed E-state index contributed by atoms with van der Waals surface area (Å²) >= 11 is 0. The van der Waals surface area contributed by atoms with Crippen molar-refractivity contribution in [3.63, 3.8) is 0 Å². The lowest BCUT2D eigenvalue weighted by Crippen LogP contribution is -2.46. The van der Waals surface area contributed by atoms with E-state index in [-0.39, 0.29) is 12.2 Å². The molecule has 6 nitrogen and oxygen atoms in total. The van der Waals surface area contributed by atoms with Gasteiger partial charge >= 0.3 is 0 Å². The normalized spacial score (nSPS) is 42.0. The van der Waals surface area contributed by atoms with E-state index >= 15 is 0 Å². The first-order valence-corrected chi connectivity index (χ1v) is 7.44. The molecular formula is C14H25NO5. The Morgan fingerprint density at radius 3 is 2.65 bits per heavy atom. The van der Waals surface area contributed by atoms with Gasteiger partial charge in [-0.15, -0.1) is 0 Å². The van der Waals surface area contributed by atoms with Gasteiger partial charge < -0.3 is 29.0 Å². The molecular weight excluding hydrogens is 262 g/mol. The number of likely N-dealkylation sites (tertiary alicyclic amines) is 1. The number of hydrogen-bond acceptors (Lipinski definition) is 6. The number of fused-ring (bicyclic) bond motifs is 1. The van der Waals surface area contributed by atoms with Crippen molar-refractivity contribution in [2.24, 2.45) is 0 Å². The molecule has 20 heavy (non-hydrogen) atoms. The molecule has 3 heterocycles. The molecule has 0 aromatic heterocycles. The van der Waals surface area contributed by atoms with Crippen molar-refractivity contribution < 1.29 is 24.1 Å². The van der Waals surface area contributed by atoms with Gasteiger partial charge in [0.1, 0.15) is 18.3 Å². The zero-order valence-corrected chi connectivity index (χ0v) is 12.4. The summed E-state index contributed by atoms with van der Waals surface area (Å²) in [6.07, 6.45) is 0.418. The maximum atomic E-state index is 10.4. The number of aliphatic hydroxyl groups is 1. The number of aliphatic hydroxyl groups excluding tert-OH is 1. The number of methoxy groups -OCH3 is 1. The van der Waals surface area contributed by atoms with Crippen LogP contribution in [0.2, 0.25) is 0 Å². The van der Waals surface area contributed by atoms with E-state index in [0.717, 1.165) is 13.1 Å². The second kappa shape index (κ2) is 5.51. The van der Waals surface area contributed by atoms with Gasteiger partial charge in [0.05, 0.1) is 6.10 Å². The molecule has 0 aliphatic carbocycles. The van der Waals surface area contributed by atoms with E-state index in [2.05, 4.69) is 4.90 Å².